The molecular formula is C16H18ClFN2S. The summed E-state index contributed by atoms with van der Waals surface area (Å²) in [4.78, 5) is 6.71. The van der Waals surface area contributed by atoms with Crippen molar-refractivity contribution in [2.75, 3.05) is 7.05 Å². The fourth-order valence-corrected chi connectivity index (χ4v) is 3.60. The highest BCUT2D eigenvalue weighted by atomic mass is 35.5. The molecule has 0 unspecified atom stereocenters. The number of benzene rings is 1. The van der Waals surface area contributed by atoms with Crippen molar-refractivity contribution in [2.24, 2.45) is 0 Å². The van der Waals surface area contributed by atoms with Gasteiger partial charge in [0, 0.05) is 29.1 Å². The summed E-state index contributed by atoms with van der Waals surface area (Å²) in [5.74, 6) is 0.272. The summed E-state index contributed by atoms with van der Waals surface area (Å²) in [6, 6.07) is 5.86. The highest BCUT2D eigenvalue weighted by Crippen LogP contribution is 2.29. The number of nitrogens with zero attached hydrogens (tertiary/aromatic N) is 2. The van der Waals surface area contributed by atoms with Crippen molar-refractivity contribution in [1.29, 1.82) is 0 Å². The van der Waals surface area contributed by atoms with Gasteiger partial charge in [-0.15, -0.1) is 22.9 Å². The van der Waals surface area contributed by atoms with Crippen LogP contribution in [-0.2, 0) is 12.4 Å². The summed E-state index contributed by atoms with van der Waals surface area (Å²) in [6.07, 6.45) is 3.74. The first-order valence-electron chi connectivity index (χ1n) is 7.17. The van der Waals surface area contributed by atoms with Crippen LogP contribution in [0.2, 0.25) is 0 Å². The minimum Gasteiger partial charge on any atom is -0.299 e. The molecule has 0 N–H and O–H groups in total. The third-order valence-electron chi connectivity index (χ3n) is 4.10. The largest absolute Gasteiger partial charge is 0.299 e. The second-order valence-electron chi connectivity index (χ2n) is 5.58. The van der Waals surface area contributed by atoms with Crippen molar-refractivity contribution >= 4 is 22.9 Å². The van der Waals surface area contributed by atoms with Gasteiger partial charge in [0.15, 0.2) is 0 Å². The number of halogens is 2. The molecule has 2 aromatic rings. The predicted molar refractivity (Wildman–Crippen MR) is 86.2 cm³/mol. The summed E-state index contributed by atoms with van der Waals surface area (Å²) < 4.78 is 14.0. The van der Waals surface area contributed by atoms with Crippen molar-refractivity contribution in [3.8, 4) is 10.6 Å². The summed E-state index contributed by atoms with van der Waals surface area (Å²) in [6.45, 7) is 0.651. The maximum Gasteiger partial charge on any atom is 0.127 e. The van der Waals surface area contributed by atoms with Gasteiger partial charge in [-0.2, -0.15) is 0 Å². The first-order chi connectivity index (χ1) is 10.2. The monoisotopic (exact) mass is 324 g/mol. The van der Waals surface area contributed by atoms with Crippen molar-refractivity contribution in [3.63, 3.8) is 0 Å². The molecule has 0 aliphatic heterocycles. The molecule has 2 nitrogen and oxygen atoms in total. The summed E-state index contributed by atoms with van der Waals surface area (Å²) in [5.41, 5.74) is 2.58. The Morgan fingerprint density at radius 3 is 2.86 bits per heavy atom. The first kappa shape index (κ1) is 14.9. The Morgan fingerprint density at radius 2 is 2.24 bits per heavy atom. The van der Waals surface area contributed by atoms with Crippen LogP contribution in [0.4, 0.5) is 4.39 Å². The standard InChI is InChI=1S/C16H18ClFN2S/c1-20(14-3-2-4-14)9-12-7-11(5-6-15(12)18)16-19-13(8-17)10-21-16/h5-7,10,14H,2-4,8-9H2,1H3. The molecule has 0 amide bonds. The van der Waals surface area contributed by atoms with E-state index in [4.69, 9.17) is 11.6 Å². The molecule has 1 aliphatic rings. The molecule has 0 spiro atoms. The van der Waals surface area contributed by atoms with Gasteiger partial charge >= 0.3 is 0 Å². The minimum absolute atomic E-state index is 0.140. The molecule has 1 aromatic carbocycles. The number of thiazole rings is 1. The van der Waals surface area contributed by atoms with Crippen LogP contribution in [-0.4, -0.2) is 23.0 Å². The molecule has 112 valence electrons. The van der Waals surface area contributed by atoms with Crippen LogP contribution in [0, 0.1) is 5.82 Å². The third-order valence-corrected chi connectivity index (χ3v) is 5.31. The van der Waals surface area contributed by atoms with Crippen molar-refractivity contribution in [1.82, 2.24) is 9.88 Å². The summed E-state index contributed by atoms with van der Waals surface area (Å²) >= 11 is 7.34. The average Bonchev–Trinajstić information content (AvgIpc) is 2.88. The lowest BCUT2D eigenvalue weighted by atomic mass is 9.91. The van der Waals surface area contributed by atoms with Gasteiger partial charge in [0.2, 0.25) is 0 Å². The van der Waals surface area contributed by atoms with E-state index in [9.17, 15) is 4.39 Å². The molecule has 0 atom stereocenters. The molecule has 1 aliphatic carbocycles. The lowest BCUT2D eigenvalue weighted by Crippen LogP contribution is -2.36. The van der Waals surface area contributed by atoms with Crippen LogP contribution in [0.5, 0.6) is 0 Å². The Bertz CT molecular complexity index is 624. The summed E-state index contributed by atoms with van der Waals surface area (Å²) in [7, 11) is 2.07. The van der Waals surface area contributed by atoms with E-state index >= 15 is 0 Å². The molecule has 1 saturated carbocycles. The first-order valence-corrected chi connectivity index (χ1v) is 8.58. The van der Waals surface area contributed by atoms with Gasteiger partial charge in [-0.05, 0) is 38.1 Å². The number of hydrogen-bond acceptors (Lipinski definition) is 3. The van der Waals surface area contributed by atoms with E-state index in [1.54, 1.807) is 23.5 Å². The Hall–Kier alpha value is -0.970. The maximum atomic E-state index is 14.0. The zero-order chi connectivity index (χ0) is 14.8. The van der Waals surface area contributed by atoms with Crippen LogP contribution >= 0.6 is 22.9 Å². The van der Waals surface area contributed by atoms with Gasteiger partial charge in [-0.25, -0.2) is 9.37 Å². The Kier molecular flexibility index (Phi) is 4.57. The molecule has 1 heterocycles. The number of aromatic nitrogens is 1. The Morgan fingerprint density at radius 1 is 1.43 bits per heavy atom. The maximum absolute atomic E-state index is 14.0. The van der Waals surface area contributed by atoms with Gasteiger partial charge in [0.25, 0.3) is 0 Å². The van der Waals surface area contributed by atoms with Crippen LogP contribution in [0.3, 0.4) is 0 Å². The van der Waals surface area contributed by atoms with Crippen LogP contribution < -0.4 is 0 Å². The molecule has 0 bridgehead atoms. The van der Waals surface area contributed by atoms with Gasteiger partial charge in [-0.3, -0.25) is 4.90 Å². The van der Waals surface area contributed by atoms with Gasteiger partial charge in [0.1, 0.15) is 10.8 Å². The highest BCUT2D eigenvalue weighted by Gasteiger charge is 2.22. The fraction of sp³-hybridized carbons (Fsp3) is 0.438. The molecule has 5 heteroatoms. The predicted octanol–water partition coefficient (Wildman–Crippen LogP) is 4.67. The summed E-state index contributed by atoms with van der Waals surface area (Å²) in [5, 5.41) is 2.85. The Balaban J connectivity index is 1.81. The molecule has 21 heavy (non-hydrogen) atoms. The molecule has 1 aromatic heterocycles. The van der Waals surface area contributed by atoms with Crippen molar-refractivity contribution < 1.29 is 4.39 Å². The van der Waals surface area contributed by atoms with E-state index in [1.807, 2.05) is 11.4 Å². The zero-order valence-corrected chi connectivity index (χ0v) is 13.6. The topological polar surface area (TPSA) is 16.1 Å². The van der Waals surface area contributed by atoms with E-state index in [2.05, 4.69) is 16.9 Å². The molecule has 3 rings (SSSR count). The number of alkyl halides is 1. The Labute approximate surface area is 133 Å². The average molecular weight is 325 g/mol. The van der Waals surface area contributed by atoms with Crippen molar-refractivity contribution in [2.45, 2.75) is 37.7 Å². The normalized spacial score (nSPS) is 15.4. The fourth-order valence-electron chi connectivity index (χ4n) is 2.56. The van der Waals surface area contributed by atoms with Crippen LogP contribution in [0.1, 0.15) is 30.5 Å². The van der Waals surface area contributed by atoms with Crippen LogP contribution in [0.15, 0.2) is 23.6 Å². The van der Waals surface area contributed by atoms with E-state index in [-0.39, 0.29) is 5.82 Å². The molecular weight excluding hydrogens is 307 g/mol. The minimum atomic E-state index is -0.140. The second kappa shape index (κ2) is 6.42. The quantitative estimate of drug-likeness (QED) is 0.743. The smallest absolute Gasteiger partial charge is 0.127 e. The van der Waals surface area contributed by atoms with E-state index in [1.165, 1.54) is 19.3 Å². The molecule has 0 radical (unpaired) electrons. The lowest BCUT2D eigenvalue weighted by Gasteiger charge is -2.34. The zero-order valence-electron chi connectivity index (χ0n) is 12.0. The van der Waals surface area contributed by atoms with Gasteiger partial charge in [0.05, 0.1) is 11.6 Å². The van der Waals surface area contributed by atoms with Gasteiger partial charge in [-0.1, -0.05) is 6.42 Å². The number of rotatable bonds is 5. The van der Waals surface area contributed by atoms with E-state index in [0.717, 1.165) is 21.8 Å². The van der Waals surface area contributed by atoms with E-state index in [0.29, 0.717) is 18.5 Å². The molecule has 0 saturated heterocycles. The van der Waals surface area contributed by atoms with Crippen LogP contribution in [0.25, 0.3) is 10.6 Å². The second-order valence-corrected chi connectivity index (χ2v) is 6.71. The van der Waals surface area contributed by atoms with Gasteiger partial charge < -0.3 is 0 Å². The SMILES string of the molecule is CN(Cc1cc(-c2nc(CCl)cs2)ccc1F)C1CCC1. The molecule has 1 fully saturated rings. The van der Waals surface area contributed by atoms with E-state index < -0.39 is 0 Å². The number of hydrogen-bond donors (Lipinski definition) is 0. The van der Waals surface area contributed by atoms with Crippen molar-refractivity contribution in [3.05, 3.63) is 40.7 Å². The lowest BCUT2D eigenvalue weighted by molar-refractivity contribution is 0.151. The highest BCUT2D eigenvalue weighted by molar-refractivity contribution is 7.13. The third kappa shape index (κ3) is 3.28.